The predicted molar refractivity (Wildman–Crippen MR) is 93.5 cm³/mol. The molecule has 0 bridgehead atoms. The first-order valence-corrected chi connectivity index (χ1v) is 9.19. The first-order chi connectivity index (χ1) is 11.2. The van der Waals surface area contributed by atoms with Crippen molar-refractivity contribution >= 4 is 12.0 Å². The van der Waals surface area contributed by atoms with E-state index in [0.717, 1.165) is 38.5 Å². The highest BCUT2D eigenvalue weighted by Crippen LogP contribution is 2.29. The summed E-state index contributed by atoms with van der Waals surface area (Å²) in [6, 6.07) is 0.00660. The number of nitrogens with zero attached hydrogens (tertiary/aromatic N) is 1. The van der Waals surface area contributed by atoms with Gasteiger partial charge in [-0.05, 0) is 71.6 Å². The largest absolute Gasteiger partial charge is 0.444 e. The molecule has 0 aromatic heterocycles. The summed E-state index contributed by atoms with van der Waals surface area (Å²) < 4.78 is 5.37. The Balaban J connectivity index is 2.05. The van der Waals surface area contributed by atoms with Crippen molar-refractivity contribution in [1.82, 2.24) is 10.2 Å². The van der Waals surface area contributed by atoms with E-state index in [4.69, 9.17) is 10.5 Å². The maximum absolute atomic E-state index is 13.0. The fraction of sp³-hybridized carbons (Fsp3) is 0.889. The smallest absolute Gasteiger partial charge is 0.408 e. The Morgan fingerprint density at radius 3 is 2.17 bits per heavy atom. The number of hydrogen-bond acceptors (Lipinski definition) is 4. The molecule has 2 rings (SSSR count). The van der Waals surface area contributed by atoms with Gasteiger partial charge in [0.05, 0.1) is 0 Å². The minimum atomic E-state index is -0.577. The molecule has 2 aliphatic rings. The van der Waals surface area contributed by atoms with Crippen LogP contribution in [0.1, 0.15) is 65.7 Å². The van der Waals surface area contributed by atoms with Crippen LogP contribution in [-0.4, -0.2) is 47.7 Å². The zero-order valence-corrected chi connectivity index (χ0v) is 15.5. The maximum Gasteiger partial charge on any atom is 0.408 e. The van der Waals surface area contributed by atoms with Crippen LogP contribution in [0.4, 0.5) is 4.79 Å². The summed E-state index contributed by atoms with van der Waals surface area (Å²) in [6.07, 6.45) is 6.30. The first-order valence-electron chi connectivity index (χ1n) is 9.19. The Labute approximate surface area is 145 Å². The van der Waals surface area contributed by atoms with E-state index in [0.29, 0.717) is 6.04 Å². The molecule has 3 N–H and O–H groups in total. The zero-order valence-electron chi connectivity index (χ0n) is 15.5. The van der Waals surface area contributed by atoms with Crippen molar-refractivity contribution in [2.24, 2.45) is 11.7 Å². The predicted octanol–water partition coefficient (Wildman–Crippen LogP) is 2.41. The molecule has 2 amide bonds. The monoisotopic (exact) mass is 339 g/mol. The molecule has 6 nitrogen and oxygen atoms in total. The van der Waals surface area contributed by atoms with E-state index in [1.165, 1.54) is 6.42 Å². The van der Waals surface area contributed by atoms with Crippen LogP contribution in [0, 0.1) is 5.92 Å². The second kappa shape index (κ2) is 7.72. The van der Waals surface area contributed by atoms with Crippen LogP contribution in [0.25, 0.3) is 0 Å². The Kier molecular flexibility index (Phi) is 6.12. The topological polar surface area (TPSA) is 84.7 Å². The molecule has 0 spiro atoms. The number of likely N-dealkylation sites (N-methyl/N-ethyl adjacent to an activating group) is 1. The fourth-order valence-corrected chi connectivity index (χ4v) is 3.47. The molecule has 0 aromatic carbocycles. The molecule has 0 aliphatic heterocycles. The van der Waals surface area contributed by atoms with Crippen LogP contribution < -0.4 is 11.1 Å². The molecular formula is C18H33N3O3. The third-order valence-electron chi connectivity index (χ3n) is 5.20. The summed E-state index contributed by atoms with van der Waals surface area (Å²) in [5.74, 6) is 0.137. The number of nitrogens with two attached hydrogens (primary N) is 1. The van der Waals surface area contributed by atoms with Gasteiger partial charge in [0.15, 0.2) is 0 Å². The number of alkyl carbamates (subject to hydrolysis) is 1. The third-order valence-corrected chi connectivity index (χ3v) is 5.20. The van der Waals surface area contributed by atoms with Crippen LogP contribution in [0.5, 0.6) is 0 Å². The van der Waals surface area contributed by atoms with Crippen LogP contribution in [-0.2, 0) is 9.53 Å². The number of hydrogen-bond donors (Lipinski definition) is 2. The summed E-state index contributed by atoms with van der Waals surface area (Å²) in [5, 5.41) is 2.85. The van der Waals surface area contributed by atoms with Gasteiger partial charge in [0, 0.05) is 19.1 Å². The molecule has 0 aromatic rings. The number of rotatable bonds is 4. The Morgan fingerprint density at radius 1 is 1.12 bits per heavy atom. The second-order valence-electron chi connectivity index (χ2n) is 8.33. The molecule has 6 heteroatoms. The van der Waals surface area contributed by atoms with Gasteiger partial charge in [-0.1, -0.05) is 0 Å². The van der Waals surface area contributed by atoms with Gasteiger partial charge in [-0.15, -0.1) is 0 Å². The molecule has 1 atom stereocenters. The number of amides is 2. The van der Waals surface area contributed by atoms with Gasteiger partial charge in [0.25, 0.3) is 0 Å². The molecule has 2 fully saturated rings. The second-order valence-corrected chi connectivity index (χ2v) is 8.33. The Bertz CT molecular complexity index is 449. The highest BCUT2D eigenvalue weighted by Gasteiger charge is 2.37. The number of carbonyl (C=O) groups excluding carboxylic acids is 2. The summed E-state index contributed by atoms with van der Waals surface area (Å²) in [7, 11) is 1.85. The van der Waals surface area contributed by atoms with Gasteiger partial charge in [-0.3, -0.25) is 4.79 Å². The van der Waals surface area contributed by atoms with Crippen molar-refractivity contribution in [3.05, 3.63) is 0 Å². The van der Waals surface area contributed by atoms with Gasteiger partial charge in [0.2, 0.25) is 5.91 Å². The van der Waals surface area contributed by atoms with E-state index < -0.39 is 17.7 Å². The lowest BCUT2D eigenvalue weighted by Crippen LogP contribution is -2.56. The normalized spacial score (nSPS) is 26.2. The van der Waals surface area contributed by atoms with Crippen molar-refractivity contribution in [3.8, 4) is 0 Å². The molecule has 138 valence electrons. The Hall–Kier alpha value is -1.30. The van der Waals surface area contributed by atoms with Crippen molar-refractivity contribution in [2.75, 3.05) is 7.05 Å². The molecule has 2 aliphatic carbocycles. The maximum atomic E-state index is 13.0. The van der Waals surface area contributed by atoms with E-state index >= 15 is 0 Å². The quantitative estimate of drug-likeness (QED) is 0.824. The van der Waals surface area contributed by atoms with Crippen molar-refractivity contribution in [1.29, 1.82) is 0 Å². The fourth-order valence-electron chi connectivity index (χ4n) is 3.47. The van der Waals surface area contributed by atoms with Crippen molar-refractivity contribution in [3.63, 3.8) is 0 Å². The summed E-state index contributed by atoms with van der Waals surface area (Å²) in [5.41, 5.74) is 5.41. The molecular weight excluding hydrogens is 306 g/mol. The third kappa shape index (κ3) is 5.10. The van der Waals surface area contributed by atoms with E-state index in [-0.39, 0.29) is 17.9 Å². The van der Waals surface area contributed by atoms with E-state index in [2.05, 4.69) is 5.32 Å². The van der Waals surface area contributed by atoms with E-state index in [1.807, 2.05) is 32.7 Å². The molecule has 0 heterocycles. The molecule has 0 saturated heterocycles. The summed E-state index contributed by atoms with van der Waals surface area (Å²) in [6.45, 7) is 5.47. The lowest BCUT2D eigenvalue weighted by Gasteiger charge is -2.40. The van der Waals surface area contributed by atoms with Crippen LogP contribution in [0.3, 0.4) is 0 Å². The number of nitrogens with one attached hydrogen (secondary N) is 1. The van der Waals surface area contributed by atoms with Gasteiger partial charge in [0.1, 0.15) is 11.6 Å². The van der Waals surface area contributed by atoms with Gasteiger partial charge in [-0.25, -0.2) is 4.79 Å². The molecule has 0 unspecified atom stereocenters. The molecule has 0 radical (unpaired) electrons. The average molecular weight is 339 g/mol. The lowest BCUT2D eigenvalue weighted by atomic mass is 9.81. The van der Waals surface area contributed by atoms with Crippen molar-refractivity contribution in [2.45, 2.75) is 89.4 Å². The highest BCUT2D eigenvalue weighted by atomic mass is 16.6. The number of carbonyl (C=O) groups is 2. The highest BCUT2D eigenvalue weighted by molar-refractivity contribution is 5.86. The lowest BCUT2D eigenvalue weighted by molar-refractivity contribution is -0.137. The summed E-state index contributed by atoms with van der Waals surface area (Å²) >= 11 is 0. The standard InChI is InChI=1S/C18H33N3O3/c1-18(2,3)24-17(23)20-15(12-8-10-13(19)11-9-12)16(22)21(4)14-6-5-7-14/h12-15H,5-11,19H2,1-4H3,(H,20,23)/t12?,13?,15-/m0/s1. The van der Waals surface area contributed by atoms with Crippen molar-refractivity contribution < 1.29 is 14.3 Å². The van der Waals surface area contributed by atoms with E-state index in [9.17, 15) is 9.59 Å². The van der Waals surface area contributed by atoms with Crippen LogP contribution in [0.2, 0.25) is 0 Å². The average Bonchev–Trinajstić information content (AvgIpc) is 2.41. The minimum Gasteiger partial charge on any atom is -0.444 e. The first kappa shape index (κ1) is 19.0. The van der Waals surface area contributed by atoms with Crippen LogP contribution in [0.15, 0.2) is 0 Å². The molecule has 2 saturated carbocycles. The SMILES string of the molecule is CN(C(=O)[C@@H](NC(=O)OC(C)(C)C)C1CCC(N)CC1)C1CCC1. The molecule has 24 heavy (non-hydrogen) atoms. The van der Waals surface area contributed by atoms with Gasteiger partial charge in [-0.2, -0.15) is 0 Å². The Morgan fingerprint density at radius 2 is 1.71 bits per heavy atom. The van der Waals surface area contributed by atoms with Crippen LogP contribution >= 0.6 is 0 Å². The number of ether oxygens (including phenoxy) is 1. The summed E-state index contributed by atoms with van der Waals surface area (Å²) in [4.78, 5) is 27.0. The van der Waals surface area contributed by atoms with E-state index in [1.54, 1.807) is 0 Å². The van der Waals surface area contributed by atoms with Gasteiger partial charge >= 0.3 is 6.09 Å². The minimum absolute atomic E-state index is 0.00558. The zero-order chi connectivity index (χ0) is 17.9. The van der Waals surface area contributed by atoms with Gasteiger partial charge < -0.3 is 20.7 Å².